The lowest BCUT2D eigenvalue weighted by Crippen LogP contribution is -2.44. The summed E-state index contributed by atoms with van der Waals surface area (Å²) < 4.78 is 29.1. The molecule has 1 N–H and O–H groups in total. The molecule has 0 saturated carbocycles. The summed E-state index contributed by atoms with van der Waals surface area (Å²) in [5.41, 5.74) is 0.375. The van der Waals surface area contributed by atoms with Crippen molar-refractivity contribution in [2.24, 2.45) is 0 Å². The van der Waals surface area contributed by atoms with Gasteiger partial charge in [-0.05, 0) is 58.7 Å². The third-order valence-electron chi connectivity index (χ3n) is 3.47. The minimum absolute atomic E-state index is 0.0154. The Morgan fingerprint density at radius 2 is 1.62 bits per heavy atom. The second-order valence-electron chi connectivity index (χ2n) is 9.03. The quantitative estimate of drug-likeness (QED) is 0.116. The second-order valence-corrected chi connectivity index (χ2v) is 19.8. The summed E-state index contributed by atoms with van der Waals surface area (Å²) >= 11 is 0. The van der Waals surface area contributed by atoms with Crippen LogP contribution in [0.2, 0.25) is 45.3 Å². The normalized spacial score (nSPS) is 14.0. The molecular formula is C19H42O7Si3. The van der Waals surface area contributed by atoms with Crippen molar-refractivity contribution in [3.05, 3.63) is 12.2 Å². The van der Waals surface area contributed by atoms with E-state index >= 15 is 0 Å². The first-order chi connectivity index (χ1) is 13.3. The van der Waals surface area contributed by atoms with Crippen LogP contribution in [-0.2, 0) is 27.9 Å². The molecule has 0 aromatic rings. The smallest absolute Gasteiger partial charge is 0.333 e. The first kappa shape index (κ1) is 28.7. The van der Waals surface area contributed by atoms with E-state index in [1.165, 1.54) is 0 Å². The van der Waals surface area contributed by atoms with Gasteiger partial charge in [0.2, 0.25) is 0 Å². The number of aliphatic hydroxyl groups excluding tert-OH is 1. The number of hydrogen-bond donors (Lipinski definition) is 1. The highest BCUT2D eigenvalue weighted by molar-refractivity contribution is 6.71. The number of esters is 1. The maximum absolute atomic E-state index is 11.8. The van der Waals surface area contributed by atoms with E-state index in [2.05, 4.69) is 45.9 Å². The zero-order valence-electron chi connectivity index (χ0n) is 19.4. The summed E-state index contributed by atoms with van der Waals surface area (Å²) in [7, 11) is -4.23. The summed E-state index contributed by atoms with van der Waals surface area (Å²) in [5.74, 6) is -0.538. The molecule has 0 spiro atoms. The van der Waals surface area contributed by atoms with Crippen LogP contribution >= 0.6 is 0 Å². The highest BCUT2D eigenvalue weighted by Gasteiger charge is 2.28. The van der Waals surface area contributed by atoms with Gasteiger partial charge in [0.1, 0.15) is 12.5 Å². The molecule has 0 rings (SSSR count). The fourth-order valence-electron chi connectivity index (χ4n) is 2.34. The Labute approximate surface area is 181 Å². The van der Waals surface area contributed by atoms with Gasteiger partial charge in [0.05, 0.1) is 28.8 Å². The fourth-order valence-corrected chi connectivity index (χ4v) is 9.03. The molecule has 1 atom stereocenters. The van der Waals surface area contributed by atoms with E-state index in [9.17, 15) is 4.79 Å². The topological polar surface area (TPSA) is 83.5 Å². The highest BCUT2D eigenvalue weighted by atomic mass is 28.4. The first-order valence-corrected chi connectivity index (χ1v) is 19.0. The Kier molecular flexibility index (Phi) is 14.5. The molecule has 29 heavy (non-hydrogen) atoms. The van der Waals surface area contributed by atoms with Crippen LogP contribution in [0.25, 0.3) is 0 Å². The van der Waals surface area contributed by atoms with E-state index in [0.29, 0.717) is 31.8 Å². The maximum atomic E-state index is 11.8. The second kappa shape index (κ2) is 14.6. The Bertz CT molecular complexity index is 459. The van der Waals surface area contributed by atoms with Gasteiger partial charge in [-0.2, -0.15) is 0 Å². The number of carbonyl (C=O) groups is 1. The van der Waals surface area contributed by atoms with Crippen molar-refractivity contribution >= 4 is 32.1 Å². The summed E-state index contributed by atoms with van der Waals surface area (Å²) in [6, 6.07) is 0.792. The summed E-state index contributed by atoms with van der Waals surface area (Å²) in [5, 5.41) is 8.74. The van der Waals surface area contributed by atoms with Crippen molar-refractivity contribution in [1.82, 2.24) is 0 Å². The van der Waals surface area contributed by atoms with Gasteiger partial charge in [-0.15, -0.1) is 0 Å². The van der Waals surface area contributed by atoms with Gasteiger partial charge in [0, 0.05) is 18.8 Å². The van der Waals surface area contributed by atoms with Gasteiger partial charge in [-0.1, -0.05) is 6.58 Å². The molecule has 0 heterocycles. The minimum atomic E-state index is -1.73. The zero-order chi connectivity index (χ0) is 22.5. The number of rotatable bonds is 17. The Morgan fingerprint density at radius 1 is 1.03 bits per heavy atom. The lowest BCUT2D eigenvalue weighted by molar-refractivity contribution is -0.142. The van der Waals surface area contributed by atoms with Gasteiger partial charge in [0.25, 0.3) is 0 Å². The SMILES string of the molecule is C=C(C)C(=O)OCC(C[SiH2]C(O[Si](C)(C)C)O[Si](C)(C)C)OCCCOCCO. The van der Waals surface area contributed by atoms with Crippen LogP contribution < -0.4 is 0 Å². The molecule has 10 heteroatoms. The number of ether oxygens (including phenoxy) is 3. The van der Waals surface area contributed by atoms with Crippen molar-refractivity contribution in [3.63, 3.8) is 0 Å². The van der Waals surface area contributed by atoms with Crippen LogP contribution in [0, 0.1) is 0 Å². The number of aliphatic hydroxyl groups is 1. The molecule has 172 valence electrons. The van der Waals surface area contributed by atoms with E-state index < -0.39 is 32.1 Å². The monoisotopic (exact) mass is 466 g/mol. The van der Waals surface area contributed by atoms with Crippen molar-refractivity contribution < 1.29 is 33.0 Å². The highest BCUT2D eigenvalue weighted by Crippen LogP contribution is 2.16. The van der Waals surface area contributed by atoms with E-state index in [-0.39, 0.29) is 25.2 Å². The minimum Gasteiger partial charge on any atom is -0.460 e. The molecule has 0 amide bonds. The summed E-state index contributed by atoms with van der Waals surface area (Å²) in [4.78, 5) is 11.8. The predicted molar refractivity (Wildman–Crippen MR) is 124 cm³/mol. The molecule has 0 aromatic heterocycles. The van der Waals surface area contributed by atoms with E-state index in [1.54, 1.807) is 6.92 Å². The van der Waals surface area contributed by atoms with Crippen LogP contribution in [0.4, 0.5) is 0 Å². The van der Waals surface area contributed by atoms with E-state index in [0.717, 1.165) is 6.04 Å². The number of carbonyl (C=O) groups excluding carboxylic acids is 1. The average molecular weight is 467 g/mol. The molecule has 0 bridgehead atoms. The van der Waals surface area contributed by atoms with Crippen LogP contribution in [0.3, 0.4) is 0 Å². The molecular weight excluding hydrogens is 424 g/mol. The molecule has 1 unspecified atom stereocenters. The van der Waals surface area contributed by atoms with Gasteiger partial charge in [-0.3, -0.25) is 0 Å². The molecule has 0 radical (unpaired) electrons. The Hall–Kier alpha value is -0.339. The van der Waals surface area contributed by atoms with E-state index in [1.807, 2.05) is 0 Å². The standard InChI is InChI=1S/C19H42O7Si3/c1-16(2)18(21)24-14-17(23-12-9-11-22-13-10-20)15-27-19(25-28(3,4)5)26-29(6,7)8/h17,19-20H,1,9-15,27H2,2-8H3. The van der Waals surface area contributed by atoms with Gasteiger partial charge in [-0.25, -0.2) is 4.79 Å². The molecule has 0 aliphatic rings. The van der Waals surface area contributed by atoms with Crippen LogP contribution in [0.5, 0.6) is 0 Å². The van der Waals surface area contributed by atoms with Crippen LogP contribution in [0.1, 0.15) is 13.3 Å². The van der Waals surface area contributed by atoms with Gasteiger partial charge in [0.15, 0.2) is 16.6 Å². The van der Waals surface area contributed by atoms with E-state index in [4.69, 9.17) is 28.2 Å². The third kappa shape index (κ3) is 18.2. The van der Waals surface area contributed by atoms with Crippen LogP contribution in [-0.4, -0.2) is 82.3 Å². The average Bonchev–Trinajstić information content (AvgIpc) is 2.56. The molecule has 0 aliphatic carbocycles. The first-order valence-electron chi connectivity index (χ1n) is 10.3. The Balaban J connectivity index is 4.75. The fraction of sp³-hybridized carbons (Fsp3) is 0.842. The lowest BCUT2D eigenvalue weighted by atomic mass is 10.3. The van der Waals surface area contributed by atoms with Crippen molar-refractivity contribution in [2.45, 2.75) is 70.7 Å². The van der Waals surface area contributed by atoms with Crippen molar-refractivity contribution in [1.29, 1.82) is 0 Å². The third-order valence-corrected chi connectivity index (χ3v) is 7.85. The largest absolute Gasteiger partial charge is 0.460 e. The maximum Gasteiger partial charge on any atom is 0.333 e. The summed E-state index contributed by atoms with van der Waals surface area (Å²) in [6.45, 7) is 19.8. The predicted octanol–water partition coefficient (Wildman–Crippen LogP) is 2.46. The molecule has 0 saturated heterocycles. The van der Waals surface area contributed by atoms with Gasteiger partial charge >= 0.3 is 5.97 Å². The molecule has 0 fully saturated rings. The lowest BCUT2D eigenvalue weighted by Gasteiger charge is -2.32. The molecule has 7 nitrogen and oxygen atoms in total. The van der Waals surface area contributed by atoms with Crippen molar-refractivity contribution in [2.75, 3.05) is 33.0 Å². The Morgan fingerprint density at radius 3 is 2.10 bits per heavy atom. The number of hydrogen-bond acceptors (Lipinski definition) is 7. The molecule has 0 aliphatic heterocycles. The van der Waals surface area contributed by atoms with Crippen molar-refractivity contribution in [3.8, 4) is 0 Å². The van der Waals surface area contributed by atoms with Gasteiger partial charge < -0.3 is 28.2 Å². The molecule has 0 aromatic carbocycles. The summed E-state index contributed by atoms with van der Waals surface area (Å²) in [6.07, 6.45) is 0.521. The zero-order valence-corrected chi connectivity index (χ0v) is 22.8. The van der Waals surface area contributed by atoms with Crippen LogP contribution in [0.15, 0.2) is 12.2 Å².